The Kier molecular flexibility index (Phi) is 8.43. The van der Waals surface area contributed by atoms with Gasteiger partial charge in [0, 0.05) is 42.4 Å². The number of aliphatic hydroxyl groups is 1. The van der Waals surface area contributed by atoms with Gasteiger partial charge in [0.1, 0.15) is 11.6 Å². The molecule has 4 aliphatic rings. The number of nitrogens with one attached hydrogen (secondary N) is 3. The first-order chi connectivity index (χ1) is 20.8. The standard InChI is InChI=1S/C34H41N3O6/c38-20-34(17-27-19-35-29-9-5-4-8-28(27)29,32(41)36-18-24(10-11-30(39)40)23-6-2-1-3-7-23)37-33(42)43-31-25-13-21-12-22(15-25)16-26(31)14-21/h1-9,19,21-22,24-26,31,35,38H,10-18,20H2,(H,36,41)(H,37,42)(H,39,40). The Morgan fingerprint density at radius 2 is 1.63 bits per heavy atom. The van der Waals surface area contributed by atoms with Crippen LogP contribution in [0.2, 0.25) is 0 Å². The molecule has 1 aromatic heterocycles. The molecule has 5 N–H and O–H groups in total. The van der Waals surface area contributed by atoms with Gasteiger partial charge in [-0.2, -0.15) is 0 Å². The summed E-state index contributed by atoms with van der Waals surface area (Å²) in [6, 6.07) is 17.1. The molecule has 3 aromatic rings. The minimum absolute atomic E-state index is 0.0429. The van der Waals surface area contributed by atoms with E-state index in [1.807, 2.05) is 54.6 Å². The van der Waals surface area contributed by atoms with Crippen LogP contribution in [0.25, 0.3) is 10.9 Å². The number of para-hydroxylation sites is 1. The van der Waals surface area contributed by atoms with Gasteiger partial charge >= 0.3 is 12.1 Å². The number of carboxylic acids is 1. The number of carbonyl (C=O) groups excluding carboxylic acids is 2. The Labute approximate surface area is 251 Å². The number of alkyl carbamates (subject to hydrolysis) is 1. The summed E-state index contributed by atoms with van der Waals surface area (Å²) < 4.78 is 6.09. The molecule has 4 aliphatic carbocycles. The van der Waals surface area contributed by atoms with E-state index in [1.165, 1.54) is 6.42 Å². The first kappa shape index (κ1) is 29.2. The predicted molar refractivity (Wildman–Crippen MR) is 161 cm³/mol. The van der Waals surface area contributed by atoms with Crippen molar-refractivity contribution >= 4 is 28.9 Å². The van der Waals surface area contributed by atoms with E-state index in [2.05, 4.69) is 15.6 Å². The Morgan fingerprint density at radius 1 is 0.953 bits per heavy atom. The zero-order valence-electron chi connectivity index (χ0n) is 24.3. The van der Waals surface area contributed by atoms with Crippen molar-refractivity contribution in [2.24, 2.45) is 23.7 Å². The minimum atomic E-state index is -1.69. The third kappa shape index (κ3) is 6.27. The molecule has 0 aliphatic heterocycles. The van der Waals surface area contributed by atoms with E-state index in [1.54, 1.807) is 6.20 Å². The van der Waals surface area contributed by atoms with Gasteiger partial charge in [0.2, 0.25) is 5.91 Å². The van der Waals surface area contributed by atoms with Crippen LogP contribution < -0.4 is 10.6 Å². The van der Waals surface area contributed by atoms with Crippen molar-refractivity contribution in [3.8, 4) is 0 Å². The third-order valence-electron chi connectivity index (χ3n) is 10.1. The maximum Gasteiger partial charge on any atom is 0.408 e. The predicted octanol–water partition coefficient (Wildman–Crippen LogP) is 4.76. The molecule has 228 valence electrons. The molecule has 0 saturated heterocycles. The summed E-state index contributed by atoms with van der Waals surface area (Å²) >= 11 is 0. The van der Waals surface area contributed by atoms with E-state index >= 15 is 0 Å². The average Bonchev–Trinajstić information content (AvgIpc) is 3.41. The molecule has 0 spiro atoms. The van der Waals surface area contributed by atoms with Gasteiger partial charge in [0.25, 0.3) is 0 Å². The van der Waals surface area contributed by atoms with Crippen molar-refractivity contribution in [2.45, 2.75) is 68.9 Å². The van der Waals surface area contributed by atoms with Crippen LogP contribution in [0, 0.1) is 23.7 Å². The normalized spacial score (nSPS) is 26.0. The molecule has 2 amide bonds. The molecule has 43 heavy (non-hydrogen) atoms. The number of amides is 2. The van der Waals surface area contributed by atoms with E-state index in [4.69, 9.17) is 4.74 Å². The number of ether oxygens (including phenoxy) is 1. The summed E-state index contributed by atoms with van der Waals surface area (Å²) in [5, 5.41) is 26.8. The number of carboxylic acid groups (broad SMARTS) is 1. The molecule has 4 bridgehead atoms. The lowest BCUT2D eigenvalue weighted by Gasteiger charge is -2.53. The van der Waals surface area contributed by atoms with Gasteiger partial charge in [0.05, 0.1) is 6.61 Å². The van der Waals surface area contributed by atoms with Crippen LogP contribution in [0.5, 0.6) is 0 Å². The topological polar surface area (TPSA) is 141 Å². The molecule has 4 fully saturated rings. The van der Waals surface area contributed by atoms with Crippen LogP contribution in [-0.2, 0) is 20.7 Å². The van der Waals surface area contributed by atoms with E-state index in [-0.39, 0.29) is 31.4 Å². The lowest BCUT2D eigenvalue weighted by Crippen LogP contribution is -2.63. The van der Waals surface area contributed by atoms with E-state index in [0.29, 0.717) is 18.3 Å². The molecular formula is C34H41N3O6. The summed E-state index contributed by atoms with van der Waals surface area (Å²) in [5.74, 6) is 0.457. The maximum atomic E-state index is 14.0. The molecule has 1 heterocycles. The second kappa shape index (κ2) is 12.4. The van der Waals surface area contributed by atoms with E-state index < -0.39 is 30.1 Å². The molecule has 0 radical (unpaired) electrons. The fourth-order valence-electron chi connectivity index (χ4n) is 8.16. The second-order valence-electron chi connectivity index (χ2n) is 13.0. The first-order valence-corrected chi connectivity index (χ1v) is 15.5. The number of aliphatic hydroxyl groups excluding tert-OH is 1. The Balaban J connectivity index is 1.22. The van der Waals surface area contributed by atoms with Crippen LogP contribution in [0.4, 0.5) is 4.79 Å². The smallest absolute Gasteiger partial charge is 0.408 e. The third-order valence-corrected chi connectivity index (χ3v) is 10.1. The van der Waals surface area contributed by atoms with Gasteiger partial charge in [-0.15, -0.1) is 0 Å². The molecule has 2 atom stereocenters. The number of rotatable bonds is 12. The highest BCUT2D eigenvalue weighted by atomic mass is 16.6. The molecule has 2 aromatic carbocycles. The number of aromatic amines is 1. The number of aliphatic carboxylic acids is 1. The summed E-state index contributed by atoms with van der Waals surface area (Å²) in [6.07, 6.45) is 6.90. The molecular weight excluding hydrogens is 546 g/mol. The quantitative estimate of drug-likeness (QED) is 0.207. The number of hydrogen-bond donors (Lipinski definition) is 5. The summed E-state index contributed by atoms with van der Waals surface area (Å²) in [5.41, 5.74) is 0.880. The van der Waals surface area contributed by atoms with Crippen molar-refractivity contribution in [2.75, 3.05) is 13.2 Å². The van der Waals surface area contributed by atoms with Gasteiger partial charge in [-0.1, -0.05) is 48.5 Å². The van der Waals surface area contributed by atoms with Gasteiger partial charge in [-0.25, -0.2) is 4.79 Å². The number of fused-ring (bicyclic) bond motifs is 1. The van der Waals surface area contributed by atoms with Crippen molar-refractivity contribution in [1.82, 2.24) is 15.6 Å². The lowest BCUT2D eigenvalue weighted by molar-refractivity contribution is -0.137. The molecule has 9 heteroatoms. The number of aromatic nitrogens is 1. The zero-order chi connectivity index (χ0) is 30.0. The van der Waals surface area contributed by atoms with Crippen LogP contribution in [0.15, 0.2) is 60.8 Å². The van der Waals surface area contributed by atoms with Gasteiger partial charge in [-0.3, -0.25) is 9.59 Å². The number of hydrogen-bond acceptors (Lipinski definition) is 5. The van der Waals surface area contributed by atoms with E-state index in [0.717, 1.165) is 59.5 Å². The minimum Gasteiger partial charge on any atom is -0.481 e. The lowest BCUT2D eigenvalue weighted by atomic mass is 9.55. The Morgan fingerprint density at radius 3 is 2.30 bits per heavy atom. The number of carbonyl (C=O) groups is 3. The van der Waals surface area contributed by atoms with Crippen molar-refractivity contribution < 1.29 is 29.3 Å². The average molecular weight is 588 g/mol. The van der Waals surface area contributed by atoms with Crippen LogP contribution in [0.1, 0.15) is 62.0 Å². The van der Waals surface area contributed by atoms with Crippen molar-refractivity contribution in [3.63, 3.8) is 0 Å². The van der Waals surface area contributed by atoms with E-state index in [9.17, 15) is 24.6 Å². The largest absolute Gasteiger partial charge is 0.481 e. The highest BCUT2D eigenvalue weighted by molar-refractivity contribution is 5.92. The maximum absolute atomic E-state index is 14.0. The van der Waals surface area contributed by atoms with Crippen LogP contribution in [-0.4, -0.2) is 58.0 Å². The second-order valence-corrected chi connectivity index (χ2v) is 13.0. The first-order valence-electron chi connectivity index (χ1n) is 15.5. The fraction of sp³-hybridized carbons (Fsp3) is 0.500. The van der Waals surface area contributed by atoms with Crippen molar-refractivity contribution in [3.05, 3.63) is 71.9 Å². The highest BCUT2D eigenvalue weighted by Gasteiger charge is 2.50. The number of benzene rings is 2. The fourth-order valence-corrected chi connectivity index (χ4v) is 8.16. The summed E-state index contributed by atoms with van der Waals surface area (Å²) in [4.78, 5) is 42.2. The number of H-pyrrole nitrogens is 1. The zero-order valence-corrected chi connectivity index (χ0v) is 24.3. The summed E-state index contributed by atoms with van der Waals surface area (Å²) in [7, 11) is 0. The SMILES string of the molecule is O=C(O)CCC(CNC(=O)C(CO)(Cc1c[nH]c2ccccc12)NC(=O)OC1C2CC3CC(C2)CC1C3)c1ccccc1. The summed E-state index contributed by atoms with van der Waals surface area (Å²) in [6.45, 7) is -0.488. The van der Waals surface area contributed by atoms with Gasteiger partial charge in [0.15, 0.2) is 0 Å². The van der Waals surface area contributed by atoms with Gasteiger partial charge in [-0.05, 0) is 79.4 Å². The molecule has 2 unspecified atom stereocenters. The molecule has 7 rings (SSSR count). The van der Waals surface area contributed by atoms with Crippen LogP contribution in [0.3, 0.4) is 0 Å². The Hall–Kier alpha value is -3.85. The molecule has 9 nitrogen and oxygen atoms in total. The monoisotopic (exact) mass is 587 g/mol. The highest BCUT2D eigenvalue weighted by Crippen LogP contribution is 2.54. The Bertz CT molecular complexity index is 1430. The van der Waals surface area contributed by atoms with Crippen LogP contribution >= 0.6 is 0 Å². The van der Waals surface area contributed by atoms with Crippen molar-refractivity contribution in [1.29, 1.82) is 0 Å². The van der Waals surface area contributed by atoms with Gasteiger partial charge < -0.3 is 30.6 Å². The molecule has 4 saturated carbocycles.